The second kappa shape index (κ2) is 4.53. The van der Waals surface area contributed by atoms with Gasteiger partial charge in [0, 0.05) is 11.3 Å². The lowest BCUT2D eigenvalue weighted by molar-refractivity contribution is 0.791. The van der Waals surface area contributed by atoms with Crippen molar-refractivity contribution in [2.75, 3.05) is 5.73 Å². The fourth-order valence-corrected chi connectivity index (χ4v) is 1.98. The minimum absolute atomic E-state index is 0.691. The zero-order valence-corrected chi connectivity index (χ0v) is 10.5. The predicted molar refractivity (Wildman–Crippen MR) is 73.7 cm³/mol. The number of benzene rings is 2. The first-order valence-corrected chi connectivity index (χ1v) is 5.96. The Hall–Kier alpha value is -2.69. The fourth-order valence-electron chi connectivity index (χ4n) is 1.98. The number of nitrogens with two attached hydrogens (primary N) is 1. The van der Waals surface area contributed by atoms with Crippen LogP contribution in [0.25, 0.3) is 17.1 Å². The second-order valence-corrected chi connectivity index (χ2v) is 4.32. The minimum Gasteiger partial charge on any atom is -0.399 e. The molecule has 0 spiro atoms. The Bertz CT molecular complexity index is 703. The lowest BCUT2D eigenvalue weighted by Gasteiger charge is -2.07. The molecule has 5 nitrogen and oxygen atoms in total. The number of aryl methyl sites for hydroxylation is 1. The van der Waals surface area contributed by atoms with E-state index < -0.39 is 0 Å². The molecule has 19 heavy (non-hydrogen) atoms. The lowest BCUT2D eigenvalue weighted by Crippen LogP contribution is -2.01. The highest BCUT2D eigenvalue weighted by Gasteiger charge is 2.12. The van der Waals surface area contributed by atoms with Gasteiger partial charge in [0.15, 0.2) is 5.82 Å². The van der Waals surface area contributed by atoms with E-state index in [0.29, 0.717) is 11.5 Å². The summed E-state index contributed by atoms with van der Waals surface area (Å²) in [5.74, 6) is 0.691. The lowest BCUT2D eigenvalue weighted by atomic mass is 10.1. The summed E-state index contributed by atoms with van der Waals surface area (Å²) in [7, 11) is 0. The standard InChI is InChI=1S/C14H13N5/c1-10-7-8-11(15)9-13(10)14-16-17-18-19(14)12-5-3-2-4-6-12/h2-9H,15H2,1H3. The van der Waals surface area contributed by atoms with E-state index in [-0.39, 0.29) is 0 Å². The zero-order valence-electron chi connectivity index (χ0n) is 10.5. The van der Waals surface area contributed by atoms with E-state index in [4.69, 9.17) is 5.73 Å². The maximum absolute atomic E-state index is 5.84. The highest BCUT2D eigenvalue weighted by Crippen LogP contribution is 2.24. The highest BCUT2D eigenvalue weighted by atomic mass is 15.5. The molecule has 3 rings (SSSR count). The van der Waals surface area contributed by atoms with E-state index in [1.165, 1.54) is 0 Å². The van der Waals surface area contributed by atoms with Gasteiger partial charge in [-0.1, -0.05) is 24.3 Å². The van der Waals surface area contributed by atoms with Crippen LogP contribution in [0.1, 0.15) is 5.56 Å². The van der Waals surface area contributed by atoms with Crippen LogP contribution in [0, 0.1) is 6.92 Å². The fraction of sp³-hybridized carbons (Fsp3) is 0.0714. The Morgan fingerprint density at radius 2 is 1.84 bits per heavy atom. The van der Waals surface area contributed by atoms with Gasteiger partial charge < -0.3 is 5.73 Å². The molecule has 0 saturated carbocycles. The molecule has 1 heterocycles. The van der Waals surface area contributed by atoms with Crippen LogP contribution in [0.15, 0.2) is 48.5 Å². The van der Waals surface area contributed by atoms with Crippen molar-refractivity contribution < 1.29 is 0 Å². The van der Waals surface area contributed by atoms with E-state index in [9.17, 15) is 0 Å². The molecular formula is C14H13N5. The van der Waals surface area contributed by atoms with Crippen LogP contribution in [-0.2, 0) is 0 Å². The number of rotatable bonds is 2. The monoisotopic (exact) mass is 251 g/mol. The van der Waals surface area contributed by atoms with Gasteiger partial charge in [-0.15, -0.1) is 5.10 Å². The van der Waals surface area contributed by atoms with Gasteiger partial charge in [-0.3, -0.25) is 0 Å². The van der Waals surface area contributed by atoms with Gasteiger partial charge in [0.05, 0.1) is 5.69 Å². The normalized spacial score (nSPS) is 10.6. The Kier molecular flexibility index (Phi) is 2.72. The van der Waals surface area contributed by atoms with Crippen molar-refractivity contribution in [3.8, 4) is 17.1 Å². The van der Waals surface area contributed by atoms with Crippen LogP contribution in [0.4, 0.5) is 5.69 Å². The van der Waals surface area contributed by atoms with Crippen LogP contribution in [0.2, 0.25) is 0 Å². The summed E-state index contributed by atoms with van der Waals surface area (Å²) in [4.78, 5) is 0. The van der Waals surface area contributed by atoms with Gasteiger partial charge in [0.2, 0.25) is 0 Å². The molecule has 0 aliphatic rings. The Morgan fingerprint density at radius 3 is 2.63 bits per heavy atom. The van der Waals surface area contributed by atoms with Crippen LogP contribution < -0.4 is 5.73 Å². The highest BCUT2D eigenvalue weighted by molar-refractivity contribution is 5.66. The molecular weight excluding hydrogens is 238 g/mol. The summed E-state index contributed by atoms with van der Waals surface area (Å²) in [5, 5.41) is 11.9. The van der Waals surface area contributed by atoms with E-state index in [0.717, 1.165) is 16.8 Å². The topological polar surface area (TPSA) is 69.6 Å². The number of aromatic nitrogens is 4. The molecule has 2 N–H and O–H groups in total. The van der Waals surface area contributed by atoms with E-state index >= 15 is 0 Å². The summed E-state index contributed by atoms with van der Waals surface area (Å²) in [6.07, 6.45) is 0. The number of tetrazole rings is 1. The molecule has 0 amide bonds. The van der Waals surface area contributed by atoms with Gasteiger partial charge in [-0.25, -0.2) is 0 Å². The van der Waals surface area contributed by atoms with Gasteiger partial charge in [0.25, 0.3) is 0 Å². The molecule has 0 radical (unpaired) electrons. The van der Waals surface area contributed by atoms with Crippen LogP contribution in [0.3, 0.4) is 0 Å². The molecule has 0 atom stereocenters. The number of anilines is 1. The summed E-state index contributed by atoms with van der Waals surface area (Å²) in [6, 6.07) is 15.5. The Labute approximate surface area is 110 Å². The van der Waals surface area contributed by atoms with Crippen molar-refractivity contribution in [2.24, 2.45) is 0 Å². The zero-order chi connectivity index (χ0) is 13.2. The van der Waals surface area contributed by atoms with E-state index in [1.807, 2.05) is 55.5 Å². The number of hydrogen-bond donors (Lipinski definition) is 1. The maximum Gasteiger partial charge on any atom is 0.187 e. The van der Waals surface area contributed by atoms with Crippen molar-refractivity contribution >= 4 is 5.69 Å². The molecule has 0 aliphatic heterocycles. The second-order valence-electron chi connectivity index (χ2n) is 4.32. The molecule has 0 aliphatic carbocycles. The Balaban J connectivity index is 2.18. The summed E-state index contributed by atoms with van der Waals surface area (Å²) in [6.45, 7) is 2.01. The molecule has 1 aromatic heterocycles. The van der Waals surface area contributed by atoms with E-state index in [1.54, 1.807) is 4.68 Å². The first-order valence-electron chi connectivity index (χ1n) is 5.96. The van der Waals surface area contributed by atoms with E-state index in [2.05, 4.69) is 15.5 Å². The van der Waals surface area contributed by atoms with Crippen LogP contribution in [0.5, 0.6) is 0 Å². The maximum atomic E-state index is 5.84. The molecule has 0 bridgehead atoms. The smallest absolute Gasteiger partial charge is 0.187 e. The third-order valence-electron chi connectivity index (χ3n) is 2.97. The van der Waals surface area contributed by atoms with Crippen LogP contribution >= 0.6 is 0 Å². The number of para-hydroxylation sites is 1. The molecule has 2 aromatic carbocycles. The number of nitrogens with zero attached hydrogens (tertiary/aromatic N) is 4. The average Bonchev–Trinajstić information content (AvgIpc) is 2.91. The molecule has 5 heteroatoms. The van der Waals surface area contributed by atoms with Gasteiger partial charge in [-0.2, -0.15) is 4.68 Å². The van der Waals surface area contributed by atoms with Crippen molar-refractivity contribution in [2.45, 2.75) is 6.92 Å². The quantitative estimate of drug-likeness (QED) is 0.709. The molecule has 3 aromatic rings. The van der Waals surface area contributed by atoms with Gasteiger partial charge >= 0.3 is 0 Å². The third-order valence-corrected chi connectivity index (χ3v) is 2.97. The third kappa shape index (κ3) is 2.06. The van der Waals surface area contributed by atoms with Crippen molar-refractivity contribution in [3.63, 3.8) is 0 Å². The summed E-state index contributed by atoms with van der Waals surface area (Å²) in [5.41, 5.74) is 9.49. The predicted octanol–water partition coefficient (Wildman–Crippen LogP) is 2.22. The Morgan fingerprint density at radius 1 is 1.05 bits per heavy atom. The number of hydrogen-bond acceptors (Lipinski definition) is 4. The largest absolute Gasteiger partial charge is 0.399 e. The van der Waals surface area contributed by atoms with Crippen LogP contribution in [-0.4, -0.2) is 20.2 Å². The average molecular weight is 251 g/mol. The SMILES string of the molecule is Cc1ccc(N)cc1-c1nnnn1-c1ccccc1. The summed E-state index contributed by atoms with van der Waals surface area (Å²) < 4.78 is 1.71. The van der Waals surface area contributed by atoms with Crippen molar-refractivity contribution in [1.82, 2.24) is 20.2 Å². The first kappa shape index (κ1) is 11.4. The molecule has 0 saturated heterocycles. The molecule has 94 valence electrons. The molecule has 0 unspecified atom stereocenters. The first-order chi connectivity index (χ1) is 9.25. The van der Waals surface area contributed by atoms with Crippen molar-refractivity contribution in [1.29, 1.82) is 0 Å². The summed E-state index contributed by atoms with van der Waals surface area (Å²) >= 11 is 0. The molecule has 0 fully saturated rings. The van der Waals surface area contributed by atoms with Crippen molar-refractivity contribution in [3.05, 3.63) is 54.1 Å². The van der Waals surface area contributed by atoms with Gasteiger partial charge in [0.1, 0.15) is 0 Å². The van der Waals surface area contributed by atoms with Gasteiger partial charge in [-0.05, 0) is 47.2 Å². The minimum atomic E-state index is 0.691. The number of nitrogen functional groups attached to an aromatic ring is 1.